The summed E-state index contributed by atoms with van der Waals surface area (Å²) in [5, 5.41) is 9.14. The molecule has 2 atom stereocenters. The molecule has 4 heteroatoms. The highest BCUT2D eigenvalue weighted by atomic mass is 16.4. The van der Waals surface area contributed by atoms with Crippen LogP contribution in [0.15, 0.2) is 0 Å². The molecular weight excluding hydrogens is 230 g/mol. The Morgan fingerprint density at radius 3 is 2.50 bits per heavy atom. The Kier molecular flexibility index (Phi) is 3.64. The van der Waals surface area contributed by atoms with Crippen molar-refractivity contribution in [2.75, 3.05) is 13.1 Å². The van der Waals surface area contributed by atoms with Crippen molar-refractivity contribution in [3.8, 4) is 0 Å². The van der Waals surface area contributed by atoms with Crippen molar-refractivity contribution >= 4 is 11.9 Å². The number of carboxylic acids is 1. The van der Waals surface area contributed by atoms with Crippen LogP contribution in [0, 0.1) is 17.3 Å². The molecule has 1 aliphatic heterocycles. The molecule has 1 saturated carbocycles. The summed E-state index contributed by atoms with van der Waals surface area (Å²) in [5.41, 5.74) is -0.130. The Balaban J connectivity index is 2.03. The minimum Gasteiger partial charge on any atom is -0.481 e. The summed E-state index contributed by atoms with van der Waals surface area (Å²) < 4.78 is 0. The van der Waals surface area contributed by atoms with E-state index in [0.29, 0.717) is 18.9 Å². The third-order valence-electron chi connectivity index (χ3n) is 4.33. The quantitative estimate of drug-likeness (QED) is 0.835. The van der Waals surface area contributed by atoms with Crippen LogP contribution in [0.3, 0.4) is 0 Å². The standard InChI is InChI=1S/C14H23NO3/c1-3-4-14(5-6-14)13(18)15-8-10(2)7-11(9-15)12(16)17/h10-11H,3-9H2,1-2H3,(H,16,17). The van der Waals surface area contributed by atoms with Crippen molar-refractivity contribution in [2.45, 2.75) is 46.0 Å². The minimum absolute atomic E-state index is 0.130. The van der Waals surface area contributed by atoms with Crippen LogP contribution in [0.25, 0.3) is 0 Å². The lowest BCUT2D eigenvalue weighted by molar-refractivity contribution is -0.148. The first-order chi connectivity index (χ1) is 8.48. The highest BCUT2D eigenvalue weighted by molar-refractivity contribution is 5.86. The molecule has 0 aromatic carbocycles. The number of hydrogen-bond acceptors (Lipinski definition) is 2. The van der Waals surface area contributed by atoms with Crippen LogP contribution in [-0.2, 0) is 9.59 Å². The van der Waals surface area contributed by atoms with Gasteiger partial charge in [-0.3, -0.25) is 9.59 Å². The fourth-order valence-corrected chi connectivity index (χ4v) is 3.23. The molecule has 0 aromatic heterocycles. The predicted molar refractivity (Wildman–Crippen MR) is 68.1 cm³/mol. The molecule has 18 heavy (non-hydrogen) atoms. The van der Waals surface area contributed by atoms with E-state index in [-0.39, 0.29) is 17.2 Å². The molecule has 1 N–H and O–H groups in total. The average Bonchev–Trinajstić information content (AvgIpc) is 3.08. The van der Waals surface area contributed by atoms with E-state index in [1.807, 2.05) is 11.8 Å². The van der Waals surface area contributed by atoms with Crippen LogP contribution in [-0.4, -0.2) is 35.0 Å². The zero-order valence-electron chi connectivity index (χ0n) is 11.3. The van der Waals surface area contributed by atoms with Crippen LogP contribution < -0.4 is 0 Å². The van der Waals surface area contributed by atoms with Gasteiger partial charge in [0.2, 0.25) is 5.91 Å². The Morgan fingerprint density at radius 1 is 1.33 bits per heavy atom. The molecule has 0 aromatic rings. The monoisotopic (exact) mass is 253 g/mol. The van der Waals surface area contributed by atoms with E-state index in [0.717, 1.165) is 32.2 Å². The molecule has 1 aliphatic carbocycles. The molecule has 4 nitrogen and oxygen atoms in total. The second-order valence-corrected chi connectivity index (χ2v) is 6.12. The second kappa shape index (κ2) is 4.90. The van der Waals surface area contributed by atoms with Crippen molar-refractivity contribution in [1.29, 1.82) is 0 Å². The summed E-state index contributed by atoms with van der Waals surface area (Å²) in [6, 6.07) is 0. The van der Waals surface area contributed by atoms with E-state index in [4.69, 9.17) is 5.11 Å². The topological polar surface area (TPSA) is 57.6 Å². The first-order valence-electron chi connectivity index (χ1n) is 7.00. The lowest BCUT2D eigenvalue weighted by atomic mass is 9.88. The molecule has 0 radical (unpaired) electrons. The zero-order valence-corrected chi connectivity index (χ0v) is 11.3. The number of carboxylic acid groups (broad SMARTS) is 1. The maximum Gasteiger partial charge on any atom is 0.308 e. The maximum absolute atomic E-state index is 12.5. The lowest BCUT2D eigenvalue weighted by Gasteiger charge is -2.36. The highest BCUT2D eigenvalue weighted by Gasteiger charge is 2.51. The maximum atomic E-state index is 12.5. The van der Waals surface area contributed by atoms with E-state index in [2.05, 4.69) is 6.92 Å². The number of nitrogens with zero attached hydrogens (tertiary/aromatic N) is 1. The summed E-state index contributed by atoms with van der Waals surface area (Å²) in [7, 11) is 0. The molecule has 102 valence electrons. The van der Waals surface area contributed by atoms with Crippen molar-refractivity contribution < 1.29 is 14.7 Å². The van der Waals surface area contributed by atoms with Gasteiger partial charge in [0.25, 0.3) is 0 Å². The van der Waals surface area contributed by atoms with Gasteiger partial charge < -0.3 is 10.0 Å². The molecule has 2 aliphatic rings. The smallest absolute Gasteiger partial charge is 0.308 e. The molecule has 1 amide bonds. The van der Waals surface area contributed by atoms with Gasteiger partial charge in [-0.1, -0.05) is 20.3 Å². The van der Waals surface area contributed by atoms with Crippen molar-refractivity contribution in [3.05, 3.63) is 0 Å². The summed E-state index contributed by atoms with van der Waals surface area (Å²) in [6.45, 7) is 5.28. The lowest BCUT2D eigenvalue weighted by Crippen LogP contribution is -2.48. The van der Waals surface area contributed by atoms with E-state index in [1.165, 1.54) is 0 Å². The Bertz CT molecular complexity index is 349. The number of carbonyl (C=O) groups excluding carboxylic acids is 1. The van der Waals surface area contributed by atoms with Gasteiger partial charge in [-0.25, -0.2) is 0 Å². The number of hydrogen-bond donors (Lipinski definition) is 1. The largest absolute Gasteiger partial charge is 0.481 e. The van der Waals surface area contributed by atoms with E-state index < -0.39 is 5.97 Å². The number of piperidine rings is 1. The SMILES string of the molecule is CCCC1(C(=O)N2CC(C)CC(C(=O)O)C2)CC1. The predicted octanol–water partition coefficient (Wildman–Crippen LogP) is 2.14. The first kappa shape index (κ1) is 13.4. The molecule has 1 heterocycles. The van der Waals surface area contributed by atoms with E-state index in [1.54, 1.807) is 0 Å². The van der Waals surface area contributed by atoms with Crippen molar-refractivity contribution in [1.82, 2.24) is 4.90 Å². The van der Waals surface area contributed by atoms with E-state index in [9.17, 15) is 9.59 Å². The fraction of sp³-hybridized carbons (Fsp3) is 0.857. The van der Waals surface area contributed by atoms with E-state index >= 15 is 0 Å². The van der Waals surface area contributed by atoms with Crippen LogP contribution in [0.1, 0.15) is 46.0 Å². The molecule has 2 fully saturated rings. The Morgan fingerprint density at radius 2 is 2.00 bits per heavy atom. The first-order valence-corrected chi connectivity index (χ1v) is 7.00. The van der Waals surface area contributed by atoms with Crippen molar-refractivity contribution in [2.24, 2.45) is 17.3 Å². The zero-order chi connectivity index (χ0) is 13.3. The molecule has 0 spiro atoms. The number of likely N-dealkylation sites (tertiary alicyclic amines) is 1. The molecule has 2 rings (SSSR count). The third kappa shape index (κ3) is 2.52. The summed E-state index contributed by atoms with van der Waals surface area (Å²) >= 11 is 0. The van der Waals surface area contributed by atoms with Crippen LogP contribution in [0.5, 0.6) is 0 Å². The Hall–Kier alpha value is -1.06. The summed E-state index contributed by atoms with van der Waals surface area (Å²) in [4.78, 5) is 25.5. The van der Waals surface area contributed by atoms with Crippen LogP contribution >= 0.6 is 0 Å². The van der Waals surface area contributed by atoms with Gasteiger partial charge in [0.15, 0.2) is 0 Å². The second-order valence-electron chi connectivity index (χ2n) is 6.12. The van der Waals surface area contributed by atoms with Crippen LogP contribution in [0.4, 0.5) is 0 Å². The highest BCUT2D eigenvalue weighted by Crippen LogP contribution is 2.51. The van der Waals surface area contributed by atoms with Gasteiger partial charge in [0.1, 0.15) is 0 Å². The van der Waals surface area contributed by atoms with Gasteiger partial charge in [-0.2, -0.15) is 0 Å². The number of carbonyl (C=O) groups is 2. The average molecular weight is 253 g/mol. The van der Waals surface area contributed by atoms with Gasteiger partial charge in [0.05, 0.1) is 5.92 Å². The third-order valence-corrected chi connectivity index (χ3v) is 4.33. The number of rotatable bonds is 4. The normalized spacial score (nSPS) is 30.0. The number of aliphatic carboxylic acids is 1. The van der Waals surface area contributed by atoms with Crippen molar-refractivity contribution in [3.63, 3.8) is 0 Å². The van der Waals surface area contributed by atoms with Gasteiger partial charge >= 0.3 is 5.97 Å². The minimum atomic E-state index is -0.764. The molecule has 1 saturated heterocycles. The van der Waals surface area contributed by atoms with Gasteiger partial charge in [-0.05, 0) is 31.6 Å². The Labute approximate surface area is 108 Å². The van der Waals surface area contributed by atoms with Gasteiger partial charge in [0, 0.05) is 18.5 Å². The van der Waals surface area contributed by atoms with Crippen LogP contribution in [0.2, 0.25) is 0 Å². The molecular formula is C14H23NO3. The number of amides is 1. The summed E-state index contributed by atoms with van der Waals surface area (Å²) in [6.07, 6.45) is 4.65. The molecule has 2 unspecified atom stereocenters. The fourth-order valence-electron chi connectivity index (χ4n) is 3.23. The molecule has 0 bridgehead atoms. The summed E-state index contributed by atoms with van der Waals surface area (Å²) in [5.74, 6) is -0.641. The van der Waals surface area contributed by atoms with Gasteiger partial charge in [-0.15, -0.1) is 0 Å².